The second kappa shape index (κ2) is 5.41. The lowest BCUT2D eigenvalue weighted by Crippen LogP contribution is -2.30. The van der Waals surface area contributed by atoms with Crippen LogP contribution in [0.2, 0.25) is 5.02 Å². The van der Waals surface area contributed by atoms with Crippen LogP contribution in [-0.4, -0.2) is 16.4 Å². The Morgan fingerprint density at radius 2 is 2.00 bits per heavy atom. The number of nitrogens with zero attached hydrogens (tertiary/aromatic N) is 1. The number of aromatic nitrogens is 1. The summed E-state index contributed by atoms with van der Waals surface area (Å²) in [5.74, 6) is -0.227. The van der Waals surface area contributed by atoms with Crippen molar-refractivity contribution >= 4 is 22.5 Å². The first-order valence-corrected chi connectivity index (χ1v) is 7.84. The first-order chi connectivity index (χ1) is 10.7. The Morgan fingerprint density at radius 1 is 1.14 bits per heavy atom. The minimum atomic E-state index is -0.227. The molecule has 0 radical (unpaired) electrons. The van der Waals surface area contributed by atoms with Crippen LogP contribution in [0.15, 0.2) is 42.5 Å². The van der Waals surface area contributed by atoms with Gasteiger partial charge in [-0.05, 0) is 30.2 Å². The van der Waals surface area contributed by atoms with Gasteiger partial charge in [-0.1, -0.05) is 35.9 Å². The fourth-order valence-electron chi connectivity index (χ4n) is 3.29. The standard InChI is InChI=1S/C18H16ClFN2/c19-15-5-3-6-16(20)14(15)10-22-9-8-13-12-4-1-2-7-17(12)21-18(13)11-22/h1-7,21H,8-11H2. The van der Waals surface area contributed by atoms with Crippen molar-refractivity contribution in [2.45, 2.75) is 19.5 Å². The smallest absolute Gasteiger partial charge is 0.129 e. The zero-order valence-corrected chi connectivity index (χ0v) is 12.8. The molecule has 2 aromatic carbocycles. The van der Waals surface area contributed by atoms with Crippen molar-refractivity contribution in [1.82, 2.24) is 9.88 Å². The second-order valence-electron chi connectivity index (χ2n) is 5.79. The Kier molecular flexibility index (Phi) is 3.40. The number of fused-ring (bicyclic) bond motifs is 3. The molecular formula is C18H16ClFN2. The average molecular weight is 315 g/mol. The number of nitrogens with one attached hydrogen (secondary N) is 1. The molecule has 1 aliphatic heterocycles. The summed E-state index contributed by atoms with van der Waals surface area (Å²) in [6, 6.07) is 13.2. The van der Waals surface area contributed by atoms with Gasteiger partial charge in [0.05, 0.1) is 0 Å². The Balaban J connectivity index is 1.62. The summed E-state index contributed by atoms with van der Waals surface area (Å²) in [6.45, 7) is 2.26. The molecule has 0 spiro atoms. The summed E-state index contributed by atoms with van der Waals surface area (Å²) in [4.78, 5) is 5.73. The minimum absolute atomic E-state index is 0.227. The quantitative estimate of drug-likeness (QED) is 0.737. The van der Waals surface area contributed by atoms with Gasteiger partial charge in [0.1, 0.15) is 5.82 Å². The predicted molar refractivity (Wildman–Crippen MR) is 87.5 cm³/mol. The molecule has 1 N–H and O–H groups in total. The van der Waals surface area contributed by atoms with Crippen LogP contribution in [0.5, 0.6) is 0 Å². The third-order valence-corrected chi connectivity index (χ3v) is 4.76. The van der Waals surface area contributed by atoms with Gasteiger partial charge in [-0.25, -0.2) is 4.39 Å². The molecule has 0 fully saturated rings. The molecule has 1 aliphatic rings. The molecule has 2 nitrogen and oxygen atoms in total. The maximum Gasteiger partial charge on any atom is 0.129 e. The molecular weight excluding hydrogens is 299 g/mol. The molecule has 0 aliphatic carbocycles. The molecule has 4 rings (SSSR count). The first-order valence-electron chi connectivity index (χ1n) is 7.46. The van der Waals surface area contributed by atoms with E-state index in [0.29, 0.717) is 17.1 Å². The van der Waals surface area contributed by atoms with Crippen LogP contribution in [0.1, 0.15) is 16.8 Å². The van der Waals surface area contributed by atoms with E-state index in [1.165, 1.54) is 28.2 Å². The number of hydrogen-bond donors (Lipinski definition) is 1. The van der Waals surface area contributed by atoms with Crippen LogP contribution in [0.4, 0.5) is 4.39 Å². The largest absolute Gasteiger partial charge is 0.357 e. The van der Waals surface area contributed by atoms with E-state index in [4.69, 9.17) is 11.6 Å². The molecule has 112 valence electrons. The van der Waals surface area contributed by atoms with Gasteiger partial charge >= 0.3 is 0 Å². The highest BCUT2D eigenvalue weighted by atomic mass is 35.5. The molecule has 2 heterocycles. The van der Waals surface area contributed by atoms with Crippen molar-refractivity contribution in [3.63, 3.8) is 0 Å². The lowest BCUT2D eigenvalue weighted by molar-refractivity contribution is 0.240. The van der Waals surface area contributed by atoms with E-state index in [0.717, 1.165) is 19.5 Å². The number of halogens is 2. The van der Waals surface area contributed by atoms with Crippen molar-refractivity contribution in [2.75, 3.05) is 6.54 Å². The van der Waals surface area contributed by atoms with E-state index in [1.54, 1.807) is 12.1 Å². The van der Waals surface area contributed by atoms with Crippen LogP contribution < -0.4 is 0 Å². The number of H-pyrrole nitrogens is 1. The molecule has 3 aromatic rings. The highest BCUT2D eigenvalue weighted by molar-refractivity contribution is 6.31. The summed E-state index contributed by atoms with van der Waals surface area (Å²) >= 11 is 6.14. The maximum atomic E-state index is 13.9. The molecule has 0 bridgehead atoms. The lowest BCUT2D eigenvalue weighted by Gasteiger charge is -2.27. The summed E-state index contributed by atoms with van der Waals surface area (Å²) in [6.07, 6.45) is 0.978. The summed E-state index contributed by atoms with van der Waals surface area (Å²) in [5.41, 5.74) is 4.40. The van der Waals surface area contributed by atoms with Crippen LogP contribution in [0, 0.1) is 5.82 Å². The Labute approximate surface area is 133 Å². The molecule has 0 saturated heterocycles. The van der Waals surface area contributed by atoms with E-state index in [2.05, 4.69) is 28.1 Å². The minimum Gasteiger partial charge on any atom is -0.357 e. The van der Waals surface area contributed by atoms with Crippen molar-refractivity contribution in [3.8, 4) is 0 Å². The fourth-order valence-corrected chi connectivity index (χ4v) is 3.51. The van der Waals surface area contributed by atoms with E-state index in [1.807, 2.05) is 6.07 Å². The van der Waals surface area contributed by atoms with Crippen LogP contribution in [-0.2, 0) is 19.5 Å². The monoisotopic (exact) mass is 314 g/mol. The van der Waals surface area contributed by atoms with Gasteiger partial charge < -0.3 is 4.98 Å². The average Bonchev–Trinajstić information content (AvgIpc) is 2.89. The highest BCUT2D eigenvalue weighted by Crippen LogP contribution is 2.29. The van der Waals surface area contributed by atoms with Gasteiger partial charge in [0.15, 0.2) is 0 Å². The highest BCUT2D eigenvalue weighted by Gasteiger charge is 2.21. The summed E-state index contributed by atoms with van der Waals surface area (Å²) in [5, 5.41) is 1.81. The van der Waals surface area contributed by atoms with E-state index in [9.17, 15) is 4.39 Å². The topological polar surface area (TPSA) is 19.0 Å². The van der Waals surface area contributed by atoms with E-state index >= 15 is 0 Å². The van der Waals surface area contributed by atoms with Gasteiger partial charge in [0.2, 0.25) is 0 Å². The predicted octanol–water partition coefficient (Wildman–Crippen LogP) is 4.52. The van der Waals surface area contributed by atoms with Crippen molar-refractivity contribution in [1.29, 1.82) is 0 Å². The Bertz CT molecular complexity index is 820. The number of aromatic amines is 1. The molecule has 0 atom stereocenters. The van der Waals surface area contributed by atoms with Crippen molar-refractivity contribution in [3.05, 3.63) is 70.1 Å². The fraction of sp³-hybridized carbons (Fsp3) is 0.222. The van der Waals surface area contributed by atoms with Crippen LogP contribution in [0.3, 0.4) is 0 Å². The number of rotatable bonds is 2. The number of hydrogen-bond acceptors (Lipinski definition) is 1. The summed E-state index contributed by atoms with van der Waals surface area (Å²) < 4.78 is 13.9. The van der Waals surface area contributed by atoms with E-state index < -0.39 is 0 Å². The molecule has 22 heavy (non-hydrogen) atoms. The third-order valence-electron chi connectivity index (χ3n) is 4.41. The zero-order chi connectivity index (χ0) is 15.1. The molecule has 0 unspecified atom stereocenters. The van der Waals surface area contributed by atoms with Gasteiger partial charge in [-0.3, -0.25) is 4.90 Å². The van der Waals surface area contributed by atoms with Gasteiger partial charge in [-0.15, -0.1) is 0 Å². The summed E-state index contributed by atoms with van der Waals surface area (Å²) in [7, 11) is 0. The zero-order valence-electron chi connectivity index (χ0n) is 12.1. The van der Waals surface area contributed by atoms with Gasteiger partial charge in [0.25, 0.3) is 0 Å². The SMILES string of the molecule is Fc1cccc(Cl)c1CN1CCc2c([nH]c3ccccc23)C1. The van der Waals surface area contributed by atoms with Crippen LogP contribution in [0.25, 0.3) is 10.9 Å². The first kappa shape index (κ1) is 13.8. The van der Waals surface area contributed by atoms with Crippen molar-refractivity contribution in [2.24, 2.45) is 0 Å². The van der Waals surface area contributed by atoms with Crippen LogP contribution >= 0.6 is 11.6 Å². The normalized spacial score (nSPS) is 15.2. The van der Waals surface area contributed by atoms with Gasteiger partial charge in [-0.2, -0.15) is 0 Å². The molecule has 0 saturated carbocycles. The molecule has 1 aromatic heterocycles. The molecule has 4 heteroatoms. The lowest BCUT2D eigenvalue weighted by atomic mass is 10.0. The van der Waals surface area contributed by atoms with E-state index in [-0.39, 0.29) is 5.82 Å². The van der Waals surface area contributed by atoms with Gasteiger partial charge in [0, 0.05) is 46.8 Å². The number of para-hydroxylation sites is 1. The van der Waals surface area contributed by atoms with Crippen molar-refractivity contribution < 1.29 is 4.39 Å². The Morgan fingerprint density at radius 3 is 2.86 bits per heavy atom. The Hall–Kier alpha value is -1.84. The number of benzene rings is 2. The molecule has 0 amide bonds. The maximum absolute atomic E-state index is 13.9. The second-order valence-corrected chi connectivity index (χ2v) is 6.20. The third kappa shape index (κ3) is 2.31.